The Balaban J connectivity index is 2.07. The van der Waals surface area contributed by atoms with E-state index in [0.717, 1.165) is 22.5 Å². The van der Waals surface area contributed by atoms with Crippen molar-refractivity contribution in [3.8, 4) is 0 Å². The van der Waals surface area contributed by atoms with Crippen LogP contribution in [0, 0.1) is 9.18 Å². The van der Waals surface area contributed by atoms with Gasteiger partial charge in [0.2, 0.25) is 0 Å². The lowest BCUT2D eigenvalue weighted by Crippen LogP contribution is -2.25. The van der Waals surface area contributed by atoms with Gasteiger partial charge in [-0.25, -0.2) is 0 Å². The molecule has 3 heteroatoms. The molecule has 0 amide bonds. The summed E-state index contributed by atoms with van der Waals surface area (Å²) >= 11 is 2.20. The third-order valence-corrected chi connectivity index (χ3v) is 3.75. The van der Waals surface area contributed by atoms with Crippen molar-refractivity contribution in [2.45, 2.75) is 39.8 Å². The molecule has 0 aliphatic carbocycles. The molecule has 0 fully saturated rings. The van der Waals surface area contributed by atoms with E-state index in [1.54, 1.807) is 0 Å². The number of nitrogens with one attached hydrogen (secondary N) is 1. The zero-order chi connectivity index (χ0) is 14.6. The number of halogens is 1. The van der Waals surface area contributed by atoms with E-state index >= 15 is 0 Å². The van der Waals surface area contributed by atoms with Crippen molar-refractivity contribution in [3.05, 3.63) is 57.6 Å². The fourth-order valence-corrected chi connectivity index (χ4v) is 2.74. The summed E-state index contributed by atoms with van der Waals surface area (Å²) in [4.78, 5) is 0. The van der Waals surface area contributed by atoms with Crippen molar-refractivity contribution >= 4 is 22.6 Å². The molecule has 0 aliphatic rings. The van der Waals surface area contributed by atoms with Crippen LogP contribution in [0.25, 0.3) is 0 Å². The Morgan fingerprint density at radius 2 is 1.80 bits per heavy atom. The summed E-state index contributed by atoms with van der Waals surface area (Å²) < 4.78 is 6.56. The fourth-order valence-electron chi connectivity index (χ4n) is 2.28. The van der Waals surface area contributed by atoms with E-state index in [2.05, 4.69) is 79.0 Å². The van der Waals surface area contributed by atoms with Gasteiger partial charge in [0.1, 0.15) is 5.76 Å². The highest BCUT2D eigenvalue weighted by atomic mass is 127. The lowest BCUT2D eigenvalue weighted by Gasteiger charge is -2.27. The summed E-state index contributed by atoms with van der Waals surface area (Å²) in [5.41, 5.74) is 1.62. The highest BCUT2D eigenvalue weighted by Crippen LogP contribution is 2.29. The molecule has 0 saturated heterocycles. The van der Waals surface area contributed by atoms with Gasteiger partial charge in [-0.3, -0.25) is 0 Å². The van der Waals surface area contributed by atoms with Crippen molar-refractivity contribution in [2.75, 3.05) is 0 Å². The highest BCUT2D eigenvalue weighted by Gasteiger charge is 2.20. The van der Waals surface area contributed by atoms with Crippen LogP contribution in [0.4, 0.5) is 0 Å². The second kappa shape index (κ2) is 6.76. The molecular formula is C17H22INO. The molecule has 2 aromatic rings. The maximum atomic E-state index is 5.62. The van der Waals surface area contributed by atoms with Crippen LogP contribution in [0.1, 0.15) is 44.6 Å². The van der Waals surface area contributed by atoms with Crippen molar-refractivity contribution < 1.29 is 4.42 Å². The summed E-state index contributed by atoms with van der Waals surface area (Å²) in [6, 6.07) is 15.0. The molecule has 2 nitrogen and oxygen atoms in total. The Hall–Kier alpha value is -0.810. The monoisotopic (exact) mass is 383 g/mol. The summed E-state index contributed by atoms with van der Waals surface area (Å²) in [5, 5.41) is 3.63. The van der Waals surface area contributed by atoms with Crippen LogP contribution in [-0.4, -0.2) is 0 Å². The van der Waals surface area contributed by atoms with Crippen molar-refractivity contribution in [1.29, 1.82) is 0 Å². The van der Waals surface area contributed by atoms with E-state index in [9.17, 15) is 0 Å². The van der Waals surface area contributed by atoms with Crippen molar-refractivity contribution in [2.24, 2.45) is 5.41 Å². The van der Waals surface area contributed by atoms with Crippen molar-refractivity contribution in [1.82, 2.24) is 5.32 Å². The third-order valence-electron chi connectivity index (χ3n) is 3.17. The topological polar surface area (TPSA) is 25.2 Å². The second-order valence-electron chi connectivity index (χ2n) is 6.31. The molecule has 0 saturated carbocycles. The van der Waals surface area contributed by atoms with Crippen molar-refractivity contribution in [3.63, 3.8) is 0 Å². The van der Waals surface area contributed by atoms with Crippen LogP contribution in [0.2, 0.25) is 0 Å². The van der Waals surface area contributed by atoms with Crippen LogP contribution < -0.4 is 5.32 Å². The average molecular weight is 383 g/mol. The Morgan fingerprint density at radius 3 is 2.35 bits per heavy atom. The van der Waals surface area contributed by atoms with Crippen LogP contribution in [0.5, 0.6) is 0 Å². The SMILES string of the molecule is CC(C)(C)CC(NCc1ccc(I)o1)c1ccccc1. The maximum Gasteiger partial charge on any atom is 0.164 e. The predicted octanol–water partition coefficient (Wildman–Crippen LogP) is 5.15. The first kappa shape index (κ1) is 15.6. The number of hydrogen-bond donors (Lipinski definition) is 1. The Labute approximate surface area is 135 Å². The lowest BCUT2D eigenvalue weighted by atomic mass is 9.85. The van der Waals surface area contributed by atoms with Gasteiger partial charge in [-0.1, -0.05) is 51.1 Å². The molecule has 1 atom stereocenters. The molecule has 20 heavy (non-hydrogen) atoms. The molecule has 0 radical (unpaired) electrons. The zero-order valence-corrected chi connectivity index (χ0v) is 14.5. The smallest absolute Gasteiger partial charge is 0.164 e. The van der Waals surface area contributed by atoms with Crippen LogP contribution in [-0.2, 0) is 6.54 Å². The summed E-state index contributed by atoms with van der Waals surface area (Å²) in [6.07, 6.45) is 1.09. The quantitative estimate of drug-likeness (QED) is 0.723. The molecule has 2 rings (SSSR count). The predicted molar refractivity (Wildman–Crippen MR) is 91.5 cm³/mol. The fraction of sp³-hybridized carbons (Fsp3) is 0.412. The summed E-state index contributed by atoms with van der Waals surface area (Å²) in [5.74, 6) is 0.990. The minimum absolute atomic E-state index is 0.283. The van der Waals surface area contributed by atoms with Gasteiger partial charge in [-0.2, -0.15) is 0 Å². The van der Waals surface area contributed by atoms with E-state index in [1.165, 1.54) is 5.56 Å². The Kier molecular flexibility index (Phi) is 5.27. The van der Waals surface area contributed by atoms with Gasteiger partial charge in [0.05, 0.1) is 6.54 Å². The molecule has 1 N–H and O–H groups in total. The molecular weight excluding hydrogens is 361 g/mol. The standard InChI is InChI=1S/C17H22INO/c1-17(2,3)11-15(13-7-5-4-6-8-13)19-12-14-9-10-16(18)20-14/h4-10,15,19H,11-12H2,1-3H3. The van der Waals surface area contributed by atoms with E-state index in [-0.39, 0.29) is 5.41 Å². The molecule has 1 aromatic heterocycles. The summed E-state index contributed by atoms with van der Waals surface area (Å²) in [6.45, 7) is 7.60. The first-order valence-electron chi connectivity index (χ1n) is 6.96. The molecule has 1 heterocycles. The van der Waals surface area contributed by atoms with Gasteiger partial charge in [0.15, 0.2) is 3.77 Å². The highest BCUT2D eigenvalue weighted by molar-refractivity contribution is 14.1. The second-order valence-corrected chi connectivity index (χ2v) is 7.38. The first-order valence-corrected chi connectivity index (χ1v) is 8.04. The minimum atomic E-state index is 0.283. The first-order chi connectivity index (χ1) is 9.44. The number of benzene rings is 1. The van der Waals surface area contributed by atoms with Gasteiger partial charge in [0, 0.05) is 6.04 Å². The number of rotatable bonds is 5. The summed E-state index contributed by atoms with van der Waals surface area (Å²) in [7, 11) is 0. The Morgan fingerprint density at radius 1 is 1.10 bits per heavy atom. The van der Waals surface area contributed by atoms with Gasteiger partial charge in [-0.05, 0) is 52.1 Å². The maximum absolute atomic E-state index is 5.62. The normalized spacial score (nSPS) is 13.4. The average Bonchev–Trinajstić information content (AvgIpc) is 2.80. The molecule has 108 valence electrons. The van der Waals surface area contributed by atoms with Crippen LogP contribution >= 0.6 is 22.6 Å². The van der Waals surface area contributed by atoms with Crippen LogP contribution in [0.3, 0.4) is 0 Å². The molecule has 0 aliphatic heterocycles. The van der Waals surface area contributed by atoms with Gasteiger partial charge >= 0.3 is 0 Å². The third kappa shape index (κ3) is 4.94. The van der Waals surface area contributed by atoms with E-state index in [1.807, 2.05) is 12.1 Å². The largest absolute Gasteiger partial charge is 0.454 e. The number of hydrogen-bond acceptors (Lipinski definition) is 2. The van der Waals surface area contributed by atoms with Gasteiger partial charge in [0.25, 0.3) is 0 Å². The molecule has 0 bridgehead atoms. The minimum Gasteiger partial charge on any atom is -0.454 e. The Bertz CT molecular complexity index is 527. The van der Waals surface area contributed by atoms with Gasteiger partial charge in [-0.15, -0.1) is 0 Å². The van der Waals surface area contributed by atoms with E-state index < -0.39 is 0 Å². The van der Waals surface area contributed by atoms with E-state index in [0.29, 0.717) is 6.04 Å². The van der Waals surface area contributed by atoms with Crippen LogP contribution in [0.15, 0.2) is 46.9 Å². The molecule has 1 unspecified atom stereocenters. The molecule has 0 spiro atoms. The molecule has 1 aromatic carbocycles. The lowest BCUT2D eigenvalue weighted by molar-refractivity contribution is 0.303. The van der Waals surface area contributed by atoms with E-state index in [4.69, 9.17) is 4.42 Å². The van der Waals surface area contributed by atoms with Gasteiger partial charge < -0.3 is 9.73 Å². The zero-order valence-electron chi connectivity index (χ0n) is 12.3. The number of furan rings is 1.